The minimum Gasteiger partial charge on any atom is -0.385 e. The highest BCUT2D eigenvalue weighted by molar-refractivity contribution is 5.13. The molecule has 0 heterocycles. The van der Waals surface area contributed by atoms with Gasteiger partial charge in [0.25, 0.3) is 0 Å². The Morgan fingerprint density at radius 3 is 2.50 bits per heavy atom. The first-order chi connectivity index (χ1) is 5.63. The van der Waals surface area contributed by atoms with Gasteiger partial charge in [0.05, 0.1) is 6.97 Å². The normalized spacial score (nSPS) is 43.6. The quantitative estimate of drug-likeness (QED) is 0.515. The summed E-state index contributed by atoms with van der Waals surface area (Å²) in [6.07, 6.45) is -0.132. The SMILES string of the molecule is [2H]C1=CCC([2H])([2H])C1(O)C(C)(C)C. The van der Waals surface area contributed by atoms with Gasteiger partial charge in [-0.1, -0.05) is 32.9 Å². The molecule has 0 aromatic carbocycles. The average Bonchev–Trinajstić information content (AvgIpc) is 2.13. The topological polar surface area (TPSA) is 20.2 Å². The molecule has 0 aromatic rings. The molecule has 1 N–H and O–H groups in total. The predicted molar refractivity (Wildman–Crippen MR) is 42.8 cm³/mol. The van der Waals surface area contributed by atoms with Crippen molar-refractivity contribution >= 4 is 0 Å². The number of hydrogen-bond donors (Lipinski definition) is 1. The fourth-order valence-electron chi connectivity index (χ4n) is 0.930. The van der Waals surface area contributed by atoms with Crippen LogP contribution in [-0.2, 0) is 0 Å². The van der Waals surface area contributed by atoms with Crippen molar-refractivity contribution in [2.75, 3.05) is 0 Å². The number of aliphatic hydroxyl groups is 1. The van der Waals surface area contributed by atoms with Crippen molar-refractivity contribution in [2.24, 2.45) is 5.41 Å². The van der Waals surface area contributed by atoms with Crippen LogP contribution in [0.5, 0.6) is 0 Å². The fourth-order valence-corrected chi connectivity index (χ4v) is 0.930. The van der Waals surface area contributed by atoms with Gasteiger partial charge in [-0.05, 0) is 18.2 Å². The van der Waals surface area contributed by atoms with E-state index in [-0.39, 0.29) is 12.5 Å². The van der Waals surface area contributed by atoms with Gasteiger partial charge in [0.15, 0.2) is 0 Å². The minimum absolute atomic E-state index is 0.00463. The number of rotatable bonds is 0. The van der Waals surface area contributed by atoms with Crippen LogP contribution in [0.4, 0.5) is 0 Å². The molecule has 0 aliphatic heterocycles. The Morgan fingerprint density at radius 2 is 2.30 bits per heavy atom. The Hall–Kier alpha value is -0.300. The van der Waals surface area contributed by atoms with Gasteiger partial charge in [0, 0.05) is 2.74 Å². The van der Waals surface area contributed by atoms with Gasteiger partial charge in [-0.3, -0.25) is 0 Å². The maximum atomic E-state index is 10.2. The van der Waals surface area contributed by atoms with E-state index in [1.807, 2.05) is 0 Å². The summed E-state index contributed by atoms with van der Waals surface area (Å²) in [6.45, 7) is 5.25. The molecule has 0 saturated carbocycles. The lowest BCUT2D eigenvalue weighted by Gasteiger charge is -2.35. The monoisotopic (exact) mass is 143 g/mol. The summed E-state index contributed by atoms with van der Waals surface area (Å²) in [5, 5.41) is 10.2. The van der Waals surface area contributed by atoms with Gasteiger partial charge in [-0.2, -0.15) is 0 Å². The second-order valence-electron chi connectivity index (χ2n) is 3.69. The Labute approximate surface area is 67.0 Å². The third kappa shape index (κ3) is 1.10. The molecule has 1 atom stereocenters. The van der Waals surface area contributed by atoms with E-state index in [0.717, 1.165) is 0 Å². The van der Waals surface area contributed by atoms with Crippen LogP contribution in [0.1, 0.15) is 37.7 Å². The number of hydrogen-bond acceptors (Lipinski definition) is 1. The standard InChI is InChI=1S/C9H16O/c1-8(2,3)9(10)6-4-5-7-9/h4,6,10H,5,7H2,1-3H3/i6D,7D2. The summed E-state index contributed by atoms with van der Waals surface area (Å²) in [7, 11) is 0. The molecule has 0 fully saturated rings. The van der Waals surface area contributed by atoms with E-state index in [9.17, 15) is 5.11 Å². The summed E-state index contributed by atoms with van der Waals surface area (Å²) < 4.78 is 22.9. The highest BCUT2D eigenvalue weighted by Crippen LogP contribution is 2.38. The predicted octanol–water partition coefficient (Wildman–Crippen LogP) is 2.11. The summed E-state index contributed by atoms with van der Waals surface area (Å²) >= 11 is 0. The molecule has 1 nitrogen and oxygen atoms in total. The van der Waals surface area contributed by atoms with E-state index in [0.29, 0.717) is 0 Å². The molecule has 0 aromatic heterocycles. The maximum Gasteiger partial charge on any atom is 0.0878 e. The molecule has 10 heavy (non-hydrogen) atoms. The zero-order chi connectivity index (χ0) is 10.5. The van der Waals surface area contributed by atoms with Crippen LogP contribution in [0.2, 0.25) is 0 Å². The molecule has 1 heteroatoms. The minimum atomic E-state index is -1.72. The zero-order valence-corrected chi connectivity index (χ0v) is 6.73. The lowest BCUT2D eigenvalue weighted by molar-refractivity contribution is -0.0131. The molecule has 1 unspecified atom stereocenters. The number of allylic oxidation sites excluding steroid dienone is 1. The third-order valence-corrected chi connectivity index (χ3v) is 1.86. The molecular weight excluding hydrogens is 124 g/mol. The summed E-state index contributed by atoms with van der Waals surface area (Å²) in [5.41, 5.74) is -2.30. The molecule has 1 aliphatic rings. The average molecular weight is 143 g/mol. The third-order valence-electron chi connectivity index (χ3n) is 1.86. The van der Waals surface area contributed by atoms with E-state index in [1.54, 1.807) is 20.8 Å². The van der Waals surface area contributed by atoms with Gasteiger partial charge in [0.2, 0.25) is 0 Å². The molecular formula is C9H16O. The first-order valence-electron chi connectivity index (χ1n) is 5.02. The van der Waals surface area contributed by atoms with Crippen LogP contribution in [0.15, 0.2) is 12.1 Å². The molecule has 1 aliphatic carbocycles. The van der Waals surface area contributed by atoms with Gasteiger partial charge in [-0.25, -0.2) is 0 Å². The van der Waals surface area contributed by atoms with Gasteiger partial charge >= 0.3 is 0 Å². The summed E-state index contributed by atoms with van der Waals surface area (Å²) in [6, 6.07) is 0.00463. The molecule has 0 amide bonds. The second-order valence-corrected chi connectivity index (χ2v) is 3.69. The first kappa shape index (κ1) is 4.55. The molecule has 0 spiro atoms. The smallest absolute Gasteiger partial charge is 0.0878 e. The first-order valence-corrected chi connectivity index (χ1v) is 3.52. The zero-order valence-electron chi connectivity index (χ0n) is 9.73. The van der Waals surface area contributed by atoms with Crippen LogP contribution in [0.3, 0.4) is 0 Å². The second kappa shape index (κ2) is 2.09. The fraction of sp³-hybridized carbons (Fsp3) is 0.778. The van der Waals surface area contributed by atoms with Crippen molar-refractivity contribution in [3.05, 3.63) is 12.1 Å². The van der Waals surface area contributed by atoms with Crippen molar-refractivity contribution in [2.45, 2.75) is 39.2 Å². The molecule has 1 rings (SSSR count). The van der Waals surface area contributed by atoms with Crippen molar-refractivity contribution < 1.29 is 9.22 Å². The van der Waals surface area contributed by atoms with E-state index in [4.69, 9.17) is 4.11 Å². The highest BCUT2D eigenvalue weighted by atomic mass is 16.3. The Balaban J connectivity index is 3.20. The van der Waals surface area contributed by atoms with E-state index in [2.05, 4.69) is 0 Å². The molecule has 0 radical (unpaired) electrons. The van der Waals surface area contributed by atoms with Gasteiger partial charge in [-0.15, -0.1) is 0 Å². The Bertz CT molecular complexity index is 252. The van der Waals surface area contributed by atoms with Crippen LogP contribution in [0.25, 0.3) is 0 Å². The molecule has 0 bridgehead atoms. The van der Waals surface area contributed by atoms with Crippen molar-refractivity contribution in [3.63, 3.8) is 0 Å². The van der Waals surface area contributed by atoms with Crippen LogP contribution in [0, 0.1) is 5.41 Å². The largest absolute Gasteiger partial charge is 0.385 e. The summed E-state index contributed by atoms with van der Waals surface area (Å²) in [4.78, 5) is 0. The molecule has 0 saturated heterocycles. The lowest BCUT2D eigenvalue weighted by atomic mass is 9.76. The van der Waals surface area contributed by atoms with Crippen molar-refractivity contribution in [3.8, 4) is 0 Å². The van der Waals surface area contributed by atoms with Crippen LogP contribution < -0.4 is 0 Å². The van der Waals surface area contributed by atoms with Crippen molar-refractivity contribution in [1.82, 2.24) is 0 Å². The van der Waals surface area contributed by atoms with E-state index >= 15 is 0 Å². The van der Waals surface area contributed by atoms with Crippen LogP contribution >= 0.6 is 0 Å². The summed E-state index contributed by atoms with van der Waals surface area (Å²) in [5.74, 6) is 0. The van der Waals surface area contributed by atoms with Crippen molar-refractivity contribution in [1.29, 1.82) is 0 Å². The Morgan fingerprint density at radius 1 is 1.70 bits per heavy atom. The Kier molecular flexibility index (Phi) is 0.953. The molecule has 58 valence electrons. The van der Waals surface area contributed by atoms with E-state index in [1.165, 1.54) is 6.08 Å². The highest BCUT2D eigenvalue weighted by Gasteiger charge is 2.38. The lowest BCUT2D eigenvalue weighted by Crippen LogP contribution is -2.38. The van der Waals surface area contributed by atoms with Gasteiger partial charge in [0.1, 0.15) is 0 Å². The van der Waals surface area contributed by atoms with Gasteiger partial charge < -0.3 is 5.11 Å². The van der Waals surface area contributed by atoms with E-state index < -0.39 is 17.4 Å². The maximum absolute atomic E-state index is 10.2. The van der Waals surface area contributed by atoms with Crippen LogP contribution in [-0.4, -0.2) is 10.7 Å².